The number of fused-ring (bicyclic) bond motifs is 1. The predicted octanol–water partition coefficient (Wildman–Crippen LogP) is 3.90. The van der Waals surface area contributed by atoms with E-state index in [4.69, 9.17) is 17.4 Å². The summed E-state index contributed by atoms with van der Waals surface area (Å²) in [5, 5.41) is 3.74. The van der Waals surface area contributed by atoms with Crippen molar-refractivity contribution in [3.05, 3.63) is 46.8 Å². The van der Waals surface area contributed by atoms with Crippen LogP contribution in [-0.2, 0) is 0 Å². The number of nitrogen functional groups attached to an aromatic ring is 1. The largest absolute Gasteiger partial charge is 0.308 e. The first-order valence-electron chi connectivity index (χ1n) is 5.39. The van der Waals surface area contributed by atoms with E-state index in [1.54, 1.807) is 11.3 Å². The molecule has 3 aromatic rings. The van der Waals surface area contributed by atoms with Gasteiger partial charge in [-0.2, -0.15) is 0 Å². The summed E-state index contributed by atoms with van der Waals surface area (Å²) in [6.07, 6.45) is 0. The van der Waals surface area contributed by atoms with Crippen molar-refractivity contribution in [2.24, 2.45) is 5.84 Å². The zero-order valence-electron chi connectivity index (χ0n) is 9.35. The third kappa shape index (κ3) is 1.95. The van der Waals surface area contributed by atoms with E-state index in [1.807, 2.05) is 35.7 Å². The number of anilines is 1. The van der Waals surface area contributed by atoms with E-state index < -0.39 is 0 Å². The molecule has 0 saturated heterocycles. The number of nitrogens with one attached hydrogen (secondary N) is 1. The van der Waals surface area contributed by atoms with Crippen molar-refractivity contribution >= 4 is 39.7 Å². The first kappa shape index (κ1) is 11.5. The van der Waals surface area contributed by atoms with Crippen molar-refractivity contribution in [2.45, 2.75) is 0 Å². The summed E-state index contributed by atoms with van der Waals surface area (Å²) in [7, 11) is 0. The zero-order chi connectivity index (χ0) is 12.5. The molecule has 90 valence electrons. The van der Waals surface area contributed by atoms with Crippen LogP contribution in [0.1, 0.15) is 0 Å². The molecule has 0 unspecified atom stereocenters. The molecule has 3 nitrogen and oxygen atoms in total. The smallest absolute Gasteiger partial charge is 0.149 e. The molecule has 3 N–H and O–H groups in total. The first-order chi connectivity index (χ1) is 8.78. The summed E-state index contributed by atoms with van der Waals surface area (Å²) in [6.45, 7) is 0. The third-order valence-electron chi connectivity index (χ3n) is 2.70. The number of nitrogens with zero attached hydrogens (tertiary/aromatic N) is 1. The summed E-state index contributed by atoms with van der Waals surface area (Å²) >= 11 is 7.62. The highest BCUT2D eigenvalue weighted by Gasteiger charge is 2.09. The van der Waals surface area contributed by atoms with Gasteiger partial charge in [-0.25, -0.2) is 10.8 Å². The summed E-state index contributed by atoms with van der Waals surface area (Å²) in [6, 6.07) is 11.8. The lowest BCUT2D eigenvalue weighted by molar-refractivity contribution is 1.27. The highest BCUT2D eigenvalue weighted by atomic mass is 35.5. The quantitative estimate of drug-likeness (QED) is 0.551. The molecule has 0 aliphatic heterocycles. The Morgan fingerprint density at radius 2 is 2.11 bits per heavy atom. The van der Waals surface area contributed by atoms with Crippen LogP contribution in [0, 0.1) is 0 Å². The average molecular weight is 276 g/mol. The van der Waals surface area contributed by atoms with E-state index in [0.717, 1.165) is 21.3 Å². The van der Waals surface area contributed by atoms with Crippen LogP contribution >= 0.6 is 22.9 Å². The Balaban J connectivity index is 2.28. The fourth-order valence-electron chi connectivity index (χ4n) is 1.87. The normalized spacial score (nSPS) is 10.8. The molecule has 0 radical (unpaired) electrons. The third-order valence-corrected chi connectivity index (χ3v) is 3.84. The maximum absolute atomic E-state index is 5.96. The van der Waals surface area contributed by atoms with E-state index >= 15 is 0 Å². The van der Waals surface area contributed by atoms with Gasteiger partial charge in [-0.15, -0.1) is 11.3 Å². The Hall–Kier alpha value is -1.62. The first-order valence-corrected chi connectivity index (χ1v) is 6.64. The molecule has 2 aromatic heterocycles. The Kier molecular flexibility index (Phi) is 2.91. The van der Waals surface area contributed by atoms with Crippen molar-refractivity contribution in [1.82, 2.24) is 4.98 Å². The Labute approximate surface area is 113 Å². The molecule has 0 spiro atoms. The van der Waals surface area contributed by atoms with Crippen LogP contribution in [0.2, 0.25) is 5.02 Å². The van der Waals surface area contributed by atoms with Gasteiger partial charge < -0.3 is 5.43 Å². The van der Waals surface area contributed by atoms with Gasteiger partial charge in [0.05, 0.1) is 5.52 Å². The molecule has 0 bridgehead atoms. The second-order valence-corrected chi connectivity index (χ2v) is 5.23. The van der Waals surface area contributed by atoms with Crippen molar-refractivity contribution < 1.29 is 0 Å². The molecule has 3 rings (SSSR count). The summed E-state index contributed by atoms with van der Waals surface area (Å²) in [5.41, 5.74) is 4.48. The number of halogens is 1. The summed E-state index contributed by atoms with van der Waals surface area (Å²) in [5.74, 6) is 6.20. The van der Waals surface area contributed by atoms with Crippen LogP contribution in [0.4, 0.5) is 5.82 Å². The molecule has 0 saturated carbocycles. The number of hydrazine groups is 1. The molecule has 0 aliphatic rings. The number of rotatable bonds is 2. The SMILES string of the molecule is NNc1nc2cc(Cl)ccc2cc1-c1cccs1. The van der Waals surface area contributed by atoms with Gasteiger partial charge in [0.15, 0.2) is 0 Å². The number of benzene rings is 1. The number of pyridine rings is 1. The van der Waals surface area contributed by atoms with Crippen molar-refractivity contribution in [2.75, 3.05) is 5.43 Å². The lowest BCUT2D eigenvalue weighted by Gasteiger charge is -2.08. The van der Waals surface area contributed by atoms with Crippen LogP contribution in [0.3, 0.4) is 0 Å². The number of aromatic nitrogens is 1. The minimum Gasteiger partial charge on any atom is -0.308 e. The topological polar surface area (TPSA) is 50.9 Å². The van der Waals surface area contributed by atoms with Gasteiger partial charge in [0.1, 0.15) is 5.82 Å². The Morgan fingerprint density at radius 1 is 1.22 bits per heavy atom. The molecular weight excluding hydrogens is 266 g/mol. The molecular formula is C13H10ClN3S. The van der Waals surface area contributed by atoms with Gasteiger partial charge in [0, 0.05) is 20.8 Å². The van der Waals surface area contributed by atoms with E-state index in [-0.39, 0.29) is 0 Å². The second kappa shape index (κ2) is 4.57. The summed E-state index contributed by atoms with van der Waals surface area (Å²) in [4.78, 5) is 5.63. The standard InChI is InChI=1S/C13H10ClN3S/c14-9-4-3-8-6-10(12-2-1-5-18-12)13(17-15)16-11(8)7-9/h1-7H,15H2,(H,16,17). The molecule has 2 heterocycles. The van der Waals surface area contributed by atoms with Crippen molar-refractivity contribution in [3.8, 4) is 10.4 Å². The molecule has 0 atom stereocenters. The zero-order valence-corrected chi connectivity index (χ0v) is 10.9. The van der Waals surface area contributed by atoms with Gasteiger partial charge in [-0.05, 0) is 29.6 Å². The molecule has 5 heteroatoms. The van der Waals surface area contributed by atoms with Gasteiger partial charge in [-0.3, -0.25) is 0 Å². The molecule has 18 heavy (non-hydrogen) atoms. The minimum absolute atomic E-state index is 0.659. The highest BCUT2D eigenvalue weighted by molar-refractivity contribution is 7.13. The van der Waals surface area contributed by atoms with Crippen molar-refractivity contribution in [1.29, 1.82) is 0 Å². The van der Waals surface area contributed by atoms with E-state index in [2.05, 4.69) is 16.5 Å². The van der Waals surface area contributed by atoms with Gasteiger partial charge in [-0.1, -0.05) is 23.7 Å². The molecule has 0 aliphatic carbocycles. The van der Waals surface area contributed by atoms with Crippen LogP contribution in [0.5, 0.6) is 0 Å². The monoisotopic (exact) mass is 275 g/mol. The van der Waals surface area contributed by atoms with Crippen LogP contribution in [0.25, 0.3) is 21.3 Å². The lowest BCUT2D eigenvalue weighted by Crippen LogP contribution is -2.09. The fourth-order valence-corrected chi connectivity index (χ4v) is 2.78. The predicted molar refractivity (Wildman–Crippen MR) is 77.9 cm³/mol. The number of hydrogen-bond acceptors (Lipinski definition) is 4. The van der Waals surface area contributed by atoms with E-state index in [1.165, 1.54) is 0 Å². The van der Waals surface area contributed by atoms with Crippen LogP contribution in [0.15, 0.2) is 41.8 Å². The average Bonchev–Trinajstić information content (AvgIpc) is 2.90. The van der Waals surface area contributed by atoms with E-state index in [0.29, 0.717) is 10.8 Å². The lowest BCUT2D eigenvalue weighted by atomic mass is 10.1. The Bertz CT molecular complexity index is 695. The number of hydrogen-bond donors (Lipinski definition) is 2. The Morgan fingerprint density at radius 3 is 2.83 bits per heavy atom. The van der Waals surface area contributed by atoms with E-state index in [9.17, 15) is 0 Å². The summed E-state index contributed by atoms with van der Waals surface area (Å²) < 4.78 is 0. The van der Waals surface area contributed by atoms with Crippen LogP contribution < -0.4 is 11.3 Å². The highest BCUT2D eigenvalue weighted by Crippen LogP contribution is 2.33. The van der Waals surface area contributed by atoms with Crippen LogP contribution in [-0.4, -0.2) is 4.98 Å². The van der Waals surface area contributed by atoms with Crippen molar-refractivity contribution in [3.63, 3.8) is 0 Å². The minimum atomic E-state index is 0.659. The second-order valence-electron chi connectivity index (χ2n) is 3.84. The molecule has 0 fully saturated rings. The maximum Gasteiger partial charge on any atom is 0.149 e. The maximum atomic E-state index is 5.96. The molecule has 1 aromatic carbocycles. The molecule has 0 amide bonds. The number of nitrogens with two attached hydrogens (primary N) is 1. The number of thiophene rings is 1. The fraction of sp³-hybridized carbons (Fsp3) is 0. The van der Waals surface area contributed by atoms with Gasteiger partial charge in [0.2, 0.25) is 0 Å². The van der Waals surface area contributed by atoms with Gasteiger partial charge in [0.25, 0.3) is 0 Å². The van der Waals surface area contributed by atoms with Gasteiger partial charge >= 0.3 is 0 Å².